The van der Waals surface area contributed by atoms with Gasteiger partial charge in [-0.05, 0) is 44.4 Å². The van der Waals surface area contributed by atoms with Crippen molar-refractivity contribution in [1.82, 2.24) is 0 Å². The fraction of sp³-hybridized carbons (Fsp3) is 0.688. The maximum Gasteiger partial charge on any atom is 0.330 e. The minimum atomic E-state index is -0.325. The molecule has 2 bridgehead atoms. The molecule has 102 valence electrons. The summed E-state index contributed by atoms with van der Waals surface area (Å²) in [6.07, 6.45) is 13.6. The Balaban J connectivity index is 0.000000194. The van der Waals surface area contributed by atoms with E-state index in [2.05, 4.69) is 25.7 Å². The third-order valence-corrected chi connectivity index (χ3v) is 3.62. The maximum absolute atomic E-state index is 10.6. The monoisotopic (exact) mass is 250 g/mol. The van der Waals surface area contributed by atoms with Gasteiger partial charge in [-0.2, -0.15) is 0 Å². The van der Waals surface area contributed by atoms with Gasteiger partial charge in [0.2, 0.25) is 0 Å². The third kappa shape index (κ3) is 5.52. The van der Waals surface area contributed by atoms with Crippen LogP contribution in [0.3, 0.4) is 0 Å². The molecule has 2 aliphatic carbocycles. The van der Waals surface area contributed by atoms with E-state index in [1.807, 2.05) is 6.92 Å². The first-order chi connectivity index (χ1) is 8.65. The molecule has 2 rings (SSSR count). The zero-order chi connectivity index (χ0) is 13.4. The van der Waals surface area contributed by atoms with Crippen LogP contribution in [0.25, 0.3) is 0 Å². The van der Waals surface area contributed by atoms with E-state index in [1.54, 1.807) is 0 Å². The summed E-state index contributed by atoms with van der Waals surface area (Å²) in [5.74, 6) is 1.66. The molecule has 2 heteroatoms. The molecule has 1 saturated carbocycles. The highest BCUT2D eigenvalue weighted by Gasteiger charge is 2.25. The van der Waals surface area contributed by atoms with Gasteiger partial charge in [0.05, 0.1) is 6.10 Å². The zero-order valence-electron chi connectivity index (χ0n) is 11.7. The molecule has 2 nitrogen and oxygen atoms in total. The van der Waals surface area contributed by atoms with Gasteiger partial charge in [0.15, 0.2) is 0 Å². The van der Waals surface area contributed by atoms with E-state index in [0.29, 0.717) is 0 Å². The van der Waals surface area contributed by atoms with Gasteiger partial charge in [-0.3, -0.25) is 0 Å². The number of esters is 1. The van der Waals surface area contributed by atoms with Crippen LogP contribution < -0.4 is 0 Å². The van der Waals surface area contributed by atoms with E-state index < -0.39 is 0 Å². The number of ether oxygens (including phenoxy) is 1. The molecule has 0 saturated heterocycles. The smallest absolute Gasteiger partial charge is 0.330 e. The van der Waals surface area contributed by atoms with Gasteiger partial charge in [0, 0.05) is 6.08 Å². The van der Waals surface area contributed by atoms with Crippen LogP contribution in [0.2, 0.25) is 0 Å². The number of unbranched alkanes of at least 4 members (excludes halogenated alkanes) is 1. The lowest BCUT2D eigenvalue weighted by molar-refractivity contribution is -0.142. The zero-order valence-corrected chi connectivity index (χ0v) is 11.7. The van der Waals surface area contributed by atoms with E-state index in [-0.39, 0.29) is 12.1 Å². The molecule has 1 fully saturated rings. The third-order valence-electron chi connectivity index (χ3n) is 3.62. The van der Waals surface area contributed by atoms with Crippen molar-refractivity contribution in [1.29, 1.82) is 0 Å². The van der Waals surface area contributed by atoms with Crippen LogP contribution in [-0.2, 0) is 9.53 Å². The summed E-state index contributed by atoms with van der Waals surface area (Å²) in [6.45, 7) is 7.33. The number of carbonyl (C=O) groups is 1. The fourth-order valence-electron chi connectivity index (χ4n) is 2.51. The molecule has 2 aliphatic rings. The van der Waals surface area contributed by atoms with Gasteiger partial charge >= 0.3 is 5.97 Å². The summed E-state index contributed by atoms with van der Waals surface area (Å²) in [6, 6.07) is 0. The van der Waals surface area contributed by atoms with Crippen molar-refractivity contribution in [2.45, 2.75) is 58.5 Å². The molecule has 0 aromatic heterocycles. The molecule has 18 heavy (non-hydrogen) atoms. The summed E-state index contributed by atoms with van der Waals surface area (Å²) in [7, 11) is 0. The topological polar surface area (TPSA) is 26.3 Å². The molecule has 0 aromatic carbocycles. The second-order valence-corrected chi connectivity index (χ2v) is 5.31. The Bertz CT molecular complexity index is 281. The molecule has 0 radical (unpaired) electrons. The lowest BCUT2D eigenvalue weighted by atomic mass is 10.1. The quantitative estimate of drug-likeness (QED) is 0.414. The molecule has 0 aromatic rings. The number of hydrogen-bond donors (Lipinski definition) is 0. The molecule has 3 atom stereocenters. The summed E-state index contributed by atoms with van der Waals surface area (Å²) < 4.78 is 4.94. The Morgan fingerprint density at radius 1 is 1.44 bits per heavy atom. The first-order valence-corrected chi connectivity index (χ1v) is 7.17. The summed E-state index contributed by atoms with van der Waals surface area (Å²) in [4.78, 5) is 10.6. The molecule has 0 N–H and O–H groups in total. The SMILES string of the molecule is C1=CC2CCC1C2.C=CC(=O)OC(C)CCCC. The minimum absolute atomic E-state index is 0.0282. The van der Waals surface area contributed by atoms with Crippen LogP contribution in [0.5, 0.6) is 0 Å². The van der Waals surface area contributed by atoms with Crippen LogP contribution >= 0.6 is 0 Å². The van der Waals surface area contributed by atoms with Crippen molar-refractivity contribution >= 4 is 5.97 Å². The highest BCUT2D eigenvalue weighted by atomic mass is 16.5. The Morgan fingerprint density at radius 2 is 2.06 bits per heavy atom. The van der Waals surface area contributed by atoms with Gasteiger partial charge in [-0.1, -0.05) is 38.5 Å². The van der Waals surface area contributed by atoms with E-state index >= 15 is 0 Å². The van der Waals surface area contributed by atoms with Crippen LogP contribution in [-0.4, -0.2) is 12.1 Å². The van der Waals surface area contributed by atoms with Crippen LogP contribution in [0.15, 0.2) is 24.8 Å². The highest BCUT2D eigenvalue weighted by molar-refractivity contribution is 5.81. The molecular weight excluding hydrogens is 224 g/mol. The van der Waals surface area contributed by atoms with Crippen molar-refractivity contribution in [2.75, 3.05) is 0 Å². The molecular formula is C16H26O2. The normalized spacial score (nSPS) is 25.2. The molecule has 0 amide bonds. The van der Waals surface area contributed by atoms with Crippen molar-refractivity contribution < 1.29 is 9.53 Å². The Kier molecular flexibility index (Phi) is 6.77. The highest BCUT2D eigenvalue weighted by Crippen LogP contribution is 2.38. The van der Waals surface area contributed by atoms with Gasteiger partial charge in [0.25, 0.3) is 0 Å². The minimum Gasteiger partial charge on any atom is -0.460 e. The van der Waals surface area contributed by atoms with Gasteiger partial charge < -0.3 is 4.74 Å². The van der Waals surface area contributed by atoms with Crippen molar-refractivity contribution in [3.05, 3.63) is 24.8 Å². The average molecular weight is 250 g/mol. The number of allylic oxidation sites excluding steroid dienone is 2. The van der Waals surface area contributed by atoms with E-state index in [9.17, 15) is 4.79 Å². The predicted octanol–water partition coefficient (Wildman–Crippen LogP) is 4.27. The van der Waals surface area contributed by atoms with E-state index in [4.69, 9.17) is 4.74 Å². The second-order valence-electron chi connectivity index (χ2n) is 5.31. The van der Waals surface area contributed by atoms with Gasteiger partial charge in [-0.15, -0.1) is 0 Å². The number of hydrogen-bond acceptors (Lipinski definition) is 2. The fourth-order valence-corrected chi connectivity index (χ4v) is 2.51. The predicted molar refractivity (Wildman–Crippen MR) is 75.2 cm³/mol. The van der Waals surface area contributed by atoms with Crippen LogP contribution in [0.1, 0.15) is 52.4 Å². The van der Waals surface area contributed by atoms with Gasteiger partial charge in [0.1, 0.15) is 0 Å². The molecule has 3 unspecified atom stereocenters. The largest absolute Gasteiger partial charge is 0.460 e. The molecule has 0 spiro atoms. The van der Waals surface area contributed by atoms with Crippen LogP contribution in [0, 0.1) is 11.8 Å². The summed E-state index contributed by atoms with van der Waals surface area (Å²) >= 11 is 0. The summed E-state index contributed by atoms with van der Waals surface area (Å²) in [5.41, 5.74) is 0. The van der Waals surface area contributed by atoms with Crippen molar-refractivity contribution in [3.8, 4) is 0 Å². The first-order valence-electron chi connectivity index (χ1n) is 7.17. The lowest BCUT2D eigenvalue weighted by Crippen LogP contribution is -2.12. The first kappa shape index (κ1) is 15.0. The number of rotatable bonds is 5. The van der Waals surface area contributed by atoms with Gasteiger partial charge in [-0.25, -0.2) is 4.79 Å². The van der Waals surface area contributed by atoms with Crippen LogP contribution in [0.4, 0.5) is 0 Å². The molecule has 0 heterocycles. The van der Waals surface area contributed by atoms with E-state index in [0.717, 1.165) is 31.1 Å². The average Bonchev–Trinajstić information content (AvgIpc) is 3.01. The lowest BCUT2D eigenvalue weighted by Gasteiger charge is -2.10. The van der Waals surface area contributed by atoms with E-state index in [1.165, 1.54) is 25.3 Å². The number of fused-ring (bicyclic) bond motifs is 2. The second kappa shape index (κ2) is 8.12. The van der Waals surface area contributed by atoms with Crippen molar-refractivity contribution in [2.24, 2.45) is 11.8 Å². The standard InChI is InChI=1S/C9H16O2.C7H10/c1-4-6-7-8(3)11-9(10)5-2;1-2-7-4-3-6(1)5-7/h5,8H,2,4,6-7H2,1,3H3;1-2,6-7H,3-5H2. The maximum atomic E-state index is 10.6. The Hall–Kier alpha value is -1.05. The number of carbonyl (C=O) groups excluding carboxylic acids is 1. The Labute approximate surface area is 111 Å². The molecule has 0 aliphatic heterocycles. The van der Waals surface area contributed by atoms with Crippen molar-refractivity contribution in [3.63, 3.8) is 0 Å². The summed E-state index contributed by atoms with van der Waals surface area (Å²) in [5, 5.41) is 0. The Morgan fingerprint density at radius 3 is 2.39 bits per heavy atom.